The fraction of sp³-hybridized carbons (Fsp3) is 0.444. The number of anilines is 1. The van der Waals surface area contributed by atoms with Crippen molar-refractivity contribution in [3.05, 3.63) is 64.7 Å². The molecule has 3 rings (SSSR count). The van der Waals surface area contributed by atoms with Crippen LogP contribution in [-0.4, -0.2) is 22.9 Å². The normalized spacial score (nSPS) is 13.0. The van der Waals surface area contributed by atoms with E-state index in [0.717, 1.165) is 17.7 Å². The SMILES string of the molecule is CCCCCCCCCCCCc1ccc(N2C(=O)c3ccc(C(=O)O)cc3C2=O)cc1. The van der Waals surface area contributed by atoms with Gasteiger partial charge in [0.05, 0.1) is 22.4 Å². The second kappa shape index (κ2) is 11.6. The molecule has 2 aromatic rings. The van der Waals surface area contributed by atoms with Gasteiger partial charge in [-0.1, -0.05) is 76.8 Å². The molecular formula is C27H33NO4. The molecule has 0 aliphatic carbocycles. The Morgan fingerprint density at radius 3 is 1.91 bits per heavy atom. The van der Waals surface area contributed by atoms with Gasteiger partial charge in [-0.2, -0.15) is 0 Å². The van der Waals surface area contributed by atoms with Crippen molar-refractivity contribution in [2.24, 2.45) is 0 Å². The van der Waals surface area contributed by atoms with E-state index in [-0.39, 0.29) is 16.7 Å². The van der Waals surface area contributed by atoms with Crippen LogP contribution in [0.1, 0.15) is 108 Å². The zero-order valence-corrected chi connectivity index (χ0v) is 18.9. The standard InChI is InChI=1S/C27H33NO4/c1-2-3-4-5-6-7-8-9-10-11-12-20-13-16-22(17-14-20)28-25(29)23-18-15-21(27(31)32)19-24(23)26(28)30/h13-19H,2-12H2,1H3,(H,31,32). The number of carboxylic acids is 1. The van der Waals surface area contributed by atoms with E-state index in [1.807, 2.05) is 12.1 Å². The molecule has 0 bridgehead atoms. The largest absolute Gasteiger partial charge is 0.478 e. The van der Waals surface area contributed by atoms with Crippen LogP contribution in [0, 0.1) is 0 Å². The summed E-state index contributed by atoms with van der Waals surface area (Å²) in [6.07, 6.45) is 14.0. The number of carbonyl (C=O) groups is 3. The lowest BCUT2D eigenvalue weighted by molar-refractivity contribution is 0.0696. The molecule has 2 amide bonds. The lowest BCUT2D eigenvalue weighted by atomic mass is 10.0. The highest BCUT2D eigenvalue weighted by atomic mass is 16.4. The number of unbranched alkanes of at least 4 members (excludes halogenated alkanes) is 9. The maximum absolute atomic E-state index is 12.8. The molecule has 170 valence electrons. The number of aryl methyl sites for hydroxylation is 1. The summed E-state index contributed by atoms with van der Waals surface area (Å²) >= 11 is 0. The smallest absolute Gasteiger partial charge is 0.335 e. The molecule has 1 heterocycles. The molecule has 1 N–H and O–H groups in total. The van der Waals surface area contributed by atoms with E-state index in [1.165, 1.54) is 81.5 Å². The van der Waals surface area contributed by atoms with Gasteiger partial charge in [-0.3, -0.25) is 9.59 Å². The Kier molecular flexibility index (Phi) is 8.60. The Morgan fingerprint density at radius 1 is 0.750 bits per heavy atom. The van der Waals surface area contributed by atoms with Crippen LogP contribution in [0.2, 0.25) is 0 Å². The number of carbonyl (C=O) groups excluding carboxylic acids is 2. The van der Waals surface area contributed by atoms with E-state index in [4.69, 9.17) is 5.11 Å². The van der Waals surface area contributed by atoms with Crippen molar-refractivity contribution in [3.63, 3.8) is 0 Å². The highest BCUT2D eigenvalue weighted by Gasteiger charge is 2.37. The molecule has 0 atom stereocenters. The first kappa shape index (κ1) is 23.7. The molecule has 0 saturated carbocycles. The first-order valence-electron chi connectivity index (χ1n) is 11.9. The second-order valence-corrected chi connectivity index (χ2v) is 8.61. The van der Waals surface area contributed by atoms with Crippen LogP contribution in [0.5, 0.6) is 0 Å². The number of imide groups is 1. The minimum atomic E-state index is -1.12. The molecule has 5 heteroatoms. The summed E-state index contributed by atoms with van der Waals surface area (Å²) in [7, 11) is 0. The van der Waals surface area contributed by atoms with Gasteiger partial charge in [0.15, 0.2) is 0 Å². The number of aromatic carboxylic acids is 1. The van der Waals surface area contributed by atoms with E-state index in [1.54, 1.807) is 12.1 Å². The Labute approximate surface area is 190 Å². The van der Waals surface area contributed by atoms with Gasteiger partial charge in [0.25, 0.3) is 11.8 Å². The van der Waals surface area contributed by atoms with E-state index in [9.17, 15) is 14.4 Å². The summed E-state index contributed by atoms with van der Waals surface area (Å²) in [4.78, 5) is 37.8. The monoisotopic (exact) mass is 435 g/mol. The molecule has 0 radical (unpaired) electrons. The van der Waals surface area contributed by atoms with Gasteiger partial charge in [-0.25, -0.2) is 9.69 Å². The van der Waals surface area contributed by atoms with Crippen molar-refractivity contribution in [1.29, 1.82) is 0 Å². The van der Waals surface area contributed by atoms with Gasteiger partial charge in [0.2, 0.25) is 0 Å². The minimum absolute atomic E-state index is 0.00130. The van der Waals surface area contributed by atoms with Crippen LogP contribution in [0.3, 0.4) is 0 Å². The van der Waals surface area contributed by atoms with Gasteiger partial charge in [0, 0.05) is 0 Å². The number of hydrogen-bond acceptors (Lipinski definition) is 3. The first-order chi connectivity index (χ1) is 15.5. The molecule has 0 saturated heterocycles. The maximum atomic E-state index is 12.8. The van der Waals surface area contributed by atoms with Gasteiger partial charge >= 0.3 is 5.97 Å². The summed E-state index contributed by atoms with van der Waals surface area (Å²) in [6, 6.07) is 11.6. The molecule has 0 aromatic heterocycles. The van der Waals surface area contributed by atoms with Crippen molar-refractivity contribution in [2.75, 3.05) is 4.90 Å². The number of hydrogen-bond donors (Lipinski definition) is 1. The van der Waals surface area contributed by atoms with Crippen LogP contribution in [0.4, 0.5) is 5.69 Å². The zero-order valence-electron chi connectivity index (χ0n) is 18.9. The highest BCUT2D eigenvalue weighted by molar-refractivity contribution is 6.34. The Morgan fingerprint density at radius 2 is 1.31 bits per heavy atom. The Bertz CT molecular complexity index is 949. The maximum Gasteiger partial charge on any atom is 0.335 e. The number of rotatable bonds is 13. The minimum Gasteiger partial charge on any atom is -0.478 e. The van der Waals surface area contributed by atoms with E-state index in [0.29, 0.717) is 5.69 Å². The average molecular weight is 436 g/mol. The first-order valence-corrected chi connectivity index (χ1v) is 11.9. The summed E-state index contributed by atoms with van der Waals surface area (Å²) < 4.78 is 0. The molecule has 32 heavy (non-hydrogen) atoms. The van der Waals surface area contributed by atoms with Gasteiger partial charge in [0.1, 0.15) is 0 Å². The number of benzene rings is 2. The zero-order chi connectivity index (χ0) is 22.9. The van der Waals surface area contributed by atoms with Gasteiger partial charge < -0.3 is 5.11 Å². The van der Waals surface area contributed by atoms with Crippen molar-refractivity contribution in [3.8, 4) is 0 Å². The summed E-state index contributed by atoms with van der Waals surface area (Å²) in [5.74, 6) is -2.01. The molecule has 2 aromatic carbocycles. The van der Waals surface area contributed by atoms with Crippen LogP contribution in [0.15, 0.2) is 42.5 Å². The predicted octanol–water partition coefficient (Wildman–Crippen LogP) is 6.65. The molecular weight excluding hydrogens is 402 g/mol. The average Bonchev–Trinajstić information content (AvgIpc) is 3.05. The fourth-order valence-electron chi connectivity index (χ4n) is 4.24. The highest BCUT2D eigenvalue weighted by Crippen LogP contribution is 2.29. The number of fused-ring (bicyclic) bond motifs is 1. The Balaban J connectivity index is 1.46. The van der Waals surface area contributed by atoms with Crippen molar-refractivity contribution in [2.45, 2.75) is 77.6 Å². The molecule has 1 aliphatic rings. The van der Waals surface area contributed by atoms with Gasteiger partial charge in [-0.15, -0.1) is 0 Å². The van der Waals surface area contributed by atoms with E-state index < -0.39 is 17.8 Å². The fourth-order valence-corrected chi connectivity index (χ4v) is 4.24. The van der Waals surface area contributed by atoms with Crippen molar-refractivity contribution >= 4 is 23.5 Å². The Hall–Kier alpha value is -2.95. The third-order valence-corrected chi connectivity index (χ3v) is 6.15. The second-order valence-electron chi connectivity index (χ2n) is 8.61. The van der Waals surface area contributed by atoms with Crippen molar-refractivity contribution < 1.29 is 19.5 Å². The number of amides is 2. The molecule has 1 aliphatic heterocycles. The van der Waals surface area contributed by atoms with E-state index in [2.05, 4.69) is 6.92 Å². The van der Waals surface area contributed by atoms with E-state index >= 15 is 0 Å². The number of carboxylic acid groups (broad SMARTS) is 1. The molecule has 0 fully saturated rings. The van der Waals surface area contributed by atoms with Crippen LogP contribution in [0.25, 0.3) is 0 Å². The summed E-state index contributed by atoms with van der Waals surface area (Å²) in [5.41, 5.74) is 2.09. The number of nitrogens with zero attached hydrogens (tertiary/aromatic N) is 1. The van der Waals surface area contributed by atoms with Gasteiger partial charge in [-0.05, 0) is 48.7 Å². The van der Waals surface area contributed by atoms with Crippen LogP contribution >= 0.6 is 0 Å². The molecule has 0 unspecified atom stereocenters. The van der Waals surface area contributed by atoms with Crippen molar-refractivity contribution in [1.82, 2.24) is 0 Å². The van der Waals surface area contributed by atoms with Crippen LogP contribution in [-0.2, 0) is 6.42 Å². The topological polar surface area (TPSA) is 74.7 Å². The quantitative estimate of drug-likeness (QED) is 0.282. The summed E-state index contributed by atoms with van der Waals surface area (Å²) in [5, 5.41) is 9.14. The third-order valence-electron chi connectivity index (χ3n) is 6.15. The molecule has 0 spiro atoms. The van der Waals surface area contributed by atoms with Crippen LogP contribution < -0.4 is 4.90 Å². The lowest BCUT2D eigenvalue weighted by Crippen LogP contribution is -2.29. The molecule has 5 nitrogen and oxygen atoms in total. The predicted molar refractivity (Wildman–Crippen MR) is 127 cm³/mol. The summed E-state index contributed by atoms with van der Waals surface area (Å²) in [6.45, 7) is 2.25. The lowest BCUT2D eigenvalue weighted by Gasteiger charge is -2.14. The third kappa shape index (κ3) is 5.84.